The molecule has 0 aromatic heterocycles. The van der Waals surface area contributed by atoms with Crippen LogP contribution in [0.25, 0.3) is 0 Å². The van der Waals surface area contributed by atoms with Crippen LogP contribution in [0, 0.1) is 0 Å². The molecule has 5 N–H and O–H groups in total. The van der Waals surface area contributed by atoms with Crippen molar-refractivity contribution in [3.63, 3.8) is 0 Å². The van der Waals surface area contributed by atoms with Crippen LogP contribution in [0.1, 0.15) is 39.7 Å². The van der Waals surface area contributed by atoms with E-state index in [4.69, 9.17) is 4.74 Å². The minimum absolute atomic E-state index is 0.100. The van der Waals surface area contributed by atoms with Gasteiger partial charge in [-0.05, 0) is 32.8 Å². The minimum atomic E-state index is -3.45. The molecule has 1 aromatic rings. The minimum Gasteiger partial charge on any atom is -0.444 e. The van der Waals surface area contributed by atoms with Crippen LogP contribution in [0.15, 0.2) is 30.3 Å². The predicted octanol–water partition coefficient (Wildman–Crippen LogP) is -0.675. The zero-order valence-electron chi connectivity index (χ0n) is 21.5. The molecule has 0 radical (unpaired) electrons. The van der Waals surface area contributed by atoms with Crippen molar-refractivity contribution in [1.82, 2.24) is 26.8 Å². The summed E-state index contributed by atoms with van der Waals surface area (Å²) in [6.45, 7) is 5.50. The number of alkyl carbamates (subject to hydrolysis) is 1. The Balaban J connectivity index is 2.84. The summed E-state index contributed by atoms with van der Waals surface area (Å²) in [5.41, 5.74) is 4.23. The van der Waals surface area contributed by atoms with Crippen LogP contribution >= 0.6 is 0 Å². The van der Waals surface area contributed by atoms with Gasteiger partial charge in [0.2, 0.25) is 17.7 Å². The second-order valence-corrected chi connectivity index (χ2v) is 11.6. The Hall–Kier alpha value is -3.68. The van der Waals surface area contributed by atoms with E-state index in [-0.39, 0.29) is 12.8 Å². The van der Waals surface area contributed by atoms with Crippen molar-refractivity contribution in [3.05, 3.63) is 35.9 Å². The molecule has 0 spiro atoms. The van der Waals surface area contributed by atoms with Crippen LogP contribution in [-0.4, -0.2) is 74.4 Å². The van der Waals surface area contributed by atoms with E-state index in [1.807, 2.05) is 0 Å². The third kappa shape index (κ3) is 14.5. The number of amides is 5. The van der Waals surface area contributed by atoms with Gasteiger partial charge in [0.05, 0.1) is 12.3 Å². The van der Waals surface area contributed by atoms with Crippen molar-refractivity contribution in [2.24, 2.45) is 0 Å². The molecule has 2 atom stereocenters. The van der Waals surface area contributed by atoms with Crippen molar-refractivity contribution >= 4 is 39.6 Å². The number of rotatable bonds is 11. The molecule has 0 bridgehead atoms. The van der Waals surface area contributed by atoms with Crippen LogP contribution in [0.3, 0.4) is 0 Å². The van der Waals surface area contributed by atoms with Gasteiger partial charge in [-0.15, -0.1) is 0 Å². The smallest absolute Gasteiger partial charge is 0.408 e. The fourth-order valence-corrected chi connectivity index (χ4v) is 3.55. The highest BCUT2D eigenvalue weighted by Crippen LogP contribution is 2.08. The average molecular weight is 542 g/mol. The average Bonchev–Trinajstić information content (AvgIpc) is 2.77. The number of sulfone groups is 1. The lowest BCUT2D eigenvalue weighted by Crippen LogP contribution is -2.55. The van der Waals surface area contributed by atoms with Crippen molar-refractivity contribution in [2.45, 2.75) is 58.2 Å². The topological polar surface area (TPSA) is 189 Å². The molecular formula is C23H35N5O8S. The van der Waals surface area contributed by atoms with E-state index in [0.717, 1.165) is 11.8 Å². The van der Waals surface area contributed by atoms with Crippen molar-refractivity contribution in [3.8, 4) is 0 Å². The highest BCUT2D eigenvalue weighted by atomic mass is 32.2. The lowest BCUT2D eigenvalue weighted by Gasteiger charge is -2.23. The van der Waals surface area contributed by atoms with Crippen LogP contribution in [0.4, 0.5) is 4.79 Å². The monoisotopic (exact) mass is 541 g/mol. The first-order chi connectivity index (χ1) is 17.1. The van der Waals surface area contributed by atoms with Crippen LogP contribution < -0.4 is 26.8 Å². The lowest BCUT2D eigenvalue weighted by molar-refractivity contribution is -0.132. The summed E-state index contributed by atoms with van der Waals surface area (Å²) < 4.78 is 28.2. The number of carbonyl (C=O) groups is 5. The molecule has 13 nitrogen and oxygen atoms in total. The number of hydrogen-bond acceptors (Lipinski definition) is 8. The molecule has 0 saturated carbocycles. The van der Waals surface area contributed by atoms with Crippen molar-refractivity contribution in [1.29, 1.82) is 0 Å². The molecular weight excluding hydrogens is 506 g/mol. The second kappa shape index (κ2) is 14.2. The maximum atomic E-state index is 12.7. The van der Waals surface area contributed by atoms with E-state index >= 15 is 0 Å². The van der Waals surface area contributed by atoms with Gasteiger partial charge >= 0.3 is 6.09 Å². The Morgan fingerprint density at radius 1 is 0.919 bits per heavy atom. The Morgan fingerprint density at radius 2 is 1.54 bits per heavy atom. The maximum absolute atomic E-state index is 12.7. The zero-order chi connectivity index (χ0) is 28.2. The number of hydrazine groups is 1. The Kier molecular flexibility index (Phi) is 12.0. The molecule has 0 saturated heterocycles. The van der Waals surface area contributed by atoms with Crippen molar-refractivity contribution < 1.29 is 37.1 Å². The number of ether oxygens (including phenoxy) is 1. The van der Waals surface area contributed by atoms with Gasteiger partial charge in [0, 0.05) is 19.6 Å². The largest absolute Gasteiger partial charge is 0.444 e. The van der Waals surface area contributed by atoms with E-state index in [9.17, 15) is 32.4 Å². The maximum Gasteiger partial charge on any atom is 0.408 e. The fraction of sp³-hybridized carbons (Fsp3) is 0.522. The highest BCUT2D eigenvalue weighted by Gasteiger charge is 2.27. The summed E-state index contributed by atoms with van der Waals surface area (Å²) in [4.78, 5) is 61.0. The fourth-order valence-electron chi connectivity index (χ4n) is 2.88. The Labute approximate surface area is 216 Å². The SMILES string of the molecule is CC(=O)NNC(=O)[C@H](Cc1ccccc1)NC(=O)CNC(=O)[C@@H](CCS(C)(=O)=O)NC(=O)OC(C)(C)C. The summed E-state index contributed by atoms with van der Waals surface area (Å²) in [6, 6.07) is 6.43. The Bertz CT molecular complexity index is 1070. The second-order valence-electron chi connectivity index (χ2n) is 9.32. The number of nitrogens with one attached hydrogen (secondary N) is 5. The van der Waals surface area contributed by atoms with Gasteiger partial charge in [0.15, 0.2) is 0 Å². The molecule has 0 aliphatic carbocycles. The number of carbonyl (C=O) groups excluding carboxylic acids is 5. The summed E-state index contributed by atoms with van der Waals surface area (Å²) in [5, 5.41) is 7.13. The molecule has 206 valence electrons. The number of hydrogen-bond donors (Lipinski definition) is 5. The Morgan fingerprint density at radius 3 is 2.08 bits per heavy atom. The summed E-state index contributed by atoms with van der Waals surface area (Å²) in [5.74, 6) is -3.13. The lowest BCUT2D eigenvalue weighted by atomic mass is 10.1. The molecule has 1 rings (SSSR count). The highest BCUT2D eigenvalue weighted by molar-refractivity contribution is 7.90. The first kappa shape index (κ1) is 31.4. The van der Waals surface area contributed by atoms with Gasteiger partial charge < -0.3 is 20.7 Å². The first-order valence-corrected chi connectivity index (χ1v) is 13.5. The quantitative estimate of drug-likeness (QED) is 0.228. The van der Waals surface area contributed by atoms with Gasteiger partial charge in [-0.3, -0.25) is 30.0 Å². The molecule has 0 fully saturated rings. The van der Waals surface area contributed by atoms with Crippen molar-refractivity contribution in [2.75, 3.05) is 18.6 Å². The van der Waals surface area contributed by atoms with E-state index in [0.29, 0.717) is 0 Å². The standard InChI is InChI=1S/C23H35N5O8S/c1-15(29)27-28-21(32)18(13-16-9-7-6-8-10-16)25-19(30)14-24-20(31)17(11-12-37(5,34)35)26-22(33)36-23(2,3)4/h6-10,17-18H,11-14H2,1-5H3,(H,24,31)(H,25,30)(H,26,33)(H,27,29)(H,28,32)/t17-,18+/m1/s1. The zero-order valence-corrected chi connectivity index (χ0v) is 22.4. The molecule has 5 amide bonds. The third-order valence-electron chi connectivity index (χ3n) is 4.50. The molecule has 0 aliphatic rings. The summed E-state index contributed by atoms with van der Waals surface area (Å²) >= 11 is 0. The van der Waals surface area contributed by atoms with Gasteiger partial charge in [0.25, 0.3) is 5.91 Å². The van der Waals surface area contributed by atoms with E-state index in [1.165, 1.54) is 6.92 Å². The van der Waals surface area contributed by atoms with E-state index < -0.39 is 69.5 Å². The molecule has 0 aliphatic heterocycles. The molecule has 37 heavy (non-hydrogen) atoms. The van der Waals surface area contributed by atoms with E-state index in [2.05, 4.69) is 26.8 Å². The molecule has 1 aromatic carbocycles. The summed E-state index contributed by atoms with van der Waals surface area (Å²) in [6.07, 6.45) is -0.0882. The number of benzene rings is 1. The molecule has 0 unspecified atom stereocenters. The first-order valence-electron chi connectivity index (χ1n) is 11.4. The summed E-state index contributed by atoms with van der Waals surface area (Å²) in [7, 11) is -3.45. The molecule has 0 heterocycles. The van der Waals surface area contributed by atoms with Gasteiger partial charge in [0.1, 0.15) is 27.5 Å². The van der Waals surface area contributed by atoms with E-state index in [1.54, 1.807) is 51.1 Å². The predicted molar refractivity (Wildman–Crippen MR) is 135 cm³/mol. The normalized spacial score (nSPS) is 12.9. The van der Waals surface area contributed by atoms with Gasteiger partial charge in [-0.1, -0.05) is 30.3 Å². The van der Waals surface area contributed by atoms with Gasteiger partial charge in [-0.2, -0.15) is 0 Å². The van der Waals surface area contributed by atoms with Crippen LogP contribution in [0.2, 0.25) is 0 Å². The molecule has 14 heteroatoms. The third-order valence-corrected chi connectivity index (χ3v) is 5.48. The van der Waals surface area contributed by atoms with Gasteiger partial charge in [-0.25, -0.2) is 13.2 Å². The van der Waals surface area contributed by atoms with Crippen LogP contribution in [0.5, 0.6) is 0 Å². The van der Waals surface area contributed by atoms with Crippen LogP contribution in [-0.2, 0) is 40.2 Å².